The summed E-state index contributed by atoms with van der Waals surface area (Å²) in [5, 5.41) is 7.39. The van der Waals surface area contributed by atoms with Crippen molar-refractivity contribution in [3.63, 3.8) is 0 Å². The average molecular weight is 420 g/mol. The fourth-order valence-electron chi connectivity index (χ4n) is 2.19. The molecule has 9 nitrogen and oxygen atoms in total. The second-order valence-corrected chi connectivity index (χ2v) is 6.93. The minimum Gasteiger partial charge on any atom is -0.744 e. The Hall–Kier alpha value is -2.63. The number of anilines is 2. The summed E-state index contributed by atoms with van der Waals surface area (Å²) in [6.07, 6.45) is 0. The van der Waals surface area contributed by atoms with Crippen LogP contribution in [0.4, 0.5) is 11.4 Å². The Morgan fingerprint density at radius 1 is 0.759 bits per heavy atom. The van der Waals surface area contributed by atoms with Crippen molar-refractivity contribution in [2.75, 3.05) is 10.9 Å². The van der Waals surface area contributed by atoms with E-state index in [1.165, 1.54) is 24.3 Å². The van der Waals surface area contributed by atoms with Crippen molar-refractivity contribution < 1.29 is 42.5 Å². The summed E-state index contributed by atoms with van der Waals surface area (Å²) < 4.78 is 32.7. The number of rotatable bonds is 5. The van der Waals surface area contributed by atoms with Crippen LogP contribution in [0.25, 0.3) is 0 Å². The molecule has 2 N–H and O–H groups in total. The molecule has 3 aromatic carbocycles. The van der Waals surface area contributed by atoms with Gasteiger partial charge in [-0.05, 0) is 48.5 Å². The molecule has 0 aliphatic rings. The number of hydrogen-bond acceptors (Lipinski definition) is 9. The molecule has 29 heavy (non-hydrogen) atoms. The molecule has 3 rings (SSSR count). The third-order valence-corrected chi connectivity index (χ3v) is 4.44. The maximum absolute atomic E-state index is 12.4. The Morgan fingerprint density at radius 3 is 1.97 bits per heavy atom. The van der Waals surface area contributed by atoms with E-state index in [0.717, 1.165) is 12.1 Å². The predicted octanol–water partition coefficient (Wildman–Crippen LogP) is -2.95. The Balaban J connectivity index is 0.00000300. The molecule has 0 aromatic heterocycles. The van der Waals surface area contributed by atoms with Crippen LogP contribution in [0.15, 0.2) is 91.4 Å². The molecule has 0 radical (unpaired) electrons. The maximum Gasteiger partial charge on any atom is 1.00 e. The van der Waals surface area contributed by atoms with Crippen LogP contribution < -0.4 is 62.0 Å². The first-order valence-electron chi connectivity index (χ1n) is 7.90. The van der Waals surface area contributed by atoms with Gasteiger partial charge in [0, 0.05) is 0 Å². The molecule has 0 aliphatic heterocycles. The van der Waals surface area contributed by atoms with Crippen LogP contribution in [0.3, 0.4) is 0 Å². The van der Waals surface area contributed by atoms with Gasteiger partial charge in [0.05, 0.1) is 16.3 Å². The van der Waals surface area contributed by atoms with Crippen molar-refractivity contribution in [1.82, 2.24) is 0 Å². The quantitative estimate of drug-likeness (QED) is 0.255. The summed E-state index contributed by atoms with van der Waals surface area (Å²) in [6, 6.07) is 16.1. The molecule has 0 saturated heterocycles. The molecular weight excluding hydrogens is 407 g/mol. The van der Waals surface area contributed by atoms with Gasteiger partial charge in [-0.1, -0.05) is 18.2 Å². The zero-order chi connectivity index (χ0) is 20.1. The predicted molar refractivity (Wildman–Crippen MR) is 101 cm³/mol. The molecule has 0 amide bonds. The number of benzene rings is 3. The van der Waals surface area contributed by atoms with E-state index < -0.39 is 21.0 Å². The van der Waals surface area contributed by atoms with E-state index in [9.17, 15) is 22.6 Å². The molecule has 0 aliphatic carbocycles. The molecule has 0 fully saturated rings. The second kappa shape index (κ2) is 9.72. The van der Waals surface area contributed by atoms with Crippen LogP contribution >= 0.6 is 0 Å². The average Bonchev–Trinajstić information content (AvgIpc) is 2.68. The van der Waals surface area contributed by atoms with Crippen molar-refractivity contribution in [3.05, 3.63) is 97.9 Å². The van der Waals surface area contributed by atoms with Crippen LogP contribution in [0.5, 0.6) is 0 Å². The topological polar surface area (TPSA) is 140 Å². The van der Waals surface area contributed by atoms with Gasteiger partial charge in [-0.3, -0.25) is 20.4 Å². The third kappa shape index (κ3) is 5.92. The van der Waals surface area contributed by atoms with Gasteiger partial charge in [-0.25, -0.2) is 8.42 Å². The molecule has 3 aromatic rings. The largest absolute Gasteiger partial charge is 1.00 e. The van der Waals surface area contributed by atoms with E-state index in [-0.39, 0.29) is 45.2 Å². The third-order valence-electron chi connectivity index (χ3n) is 3.59. The van der Waals surface area contributed by atoms with E-state index in [1.54, 1.807) is 24.3 Å². The van der Waals surface area contributed by atoms with Crippen molar-refractivity contribution in [1.29, 1.82) is 0 Å². The fourth-order valence-corrected chi connectivity index (χ4v) is 2.66. The zero-order valence-corrected chi connectivity index (χ0v) is 18.0. The molecule has 0 saturated carbocycles. The van der Waals surface area contributed by atoms with Crippen LogP contribution in [0.2, 0.25) is 0 Å². The minimum absolute atomic E-state index is 0. The Kier molecular flexibility index (Phi) is 7.59. The Bertz CT molecular complexity index is 1320. The molecule has 0 bridgehead atoms. The fraction of sp³-hybridized carbons (Fsp3) is 0. The number of hydrogen-bond donors (Lipinski definition) is 2. The molecule has 0 unspecified atom stereocenters. The summed E-state index contributed by atoms with van der Waals surface area (Å²) in [7, 11) is -4.55. The molecule has 0 atom stereocenters. The molecule has 0 heterocycles. The van der Waals surface area contributed by atoms with Crippen LogP contribution in [0.1, 0.15) is 0 Å². The van der Waals surface area contributed by atoms with E-state index >= 15 is 0 Å². The van der Waals surface area contributed by atoms with Crippen molar-refractivity contribution >= 4 is 21.5 Å². The van der Waals surface area contributed by atoms with Crippen LogP contribution in [0, 0.1) is 0 Å². The van der Waals surface area contributed by atoms with Gasteiger partial charge >= 0.3 is 29.6 Å². The summed E-state index contributed by atoms with van der Waals surface area (Å²) in [5.74, 6) is 0. The van der Waals surface area contributed by atoms with Gasteiger partial charge in [-0.2, -0.15) is 10.2 Å². The normalized spacial score (nSPS) is 12.3. The maximum atomic E-state index is 12.4. The minimum atomic E-state index is -4.55. The van der Waals surface area contributed by atoms with Crippen molar-refractivity contribution in [2.24, 2.45) is 10.2 Å². The Labute approximate surface area is 187 Å². The summed E-state index contributed by atoms with van der Waals surface area (Å²) in [4.78, 5) is 24.0. The van der Waals surface area contributed by atoms with Gasteiger partial charge in [-0.15, -0.1) is 0 Å². The van der Waals surface area contributed by atoms with E-state index in [0.29, 0.717) is 11.4 Å². The number of para-hydroxylation sites is 1. The zero-order valence-electron chi connectivity index (χ0n) is 15.2. The van der Waals surface area contributed by atoms with Crippen molar-refractivity contribution in [2.45, 2.75) is 4.90 Å². The smallest absolute Gasteiger partial charge is 0.744 e. The van der Waals surface area contributed by atoms with E-state index in [1.807, 2.05) is 6.07 Å². The molecular formula is C18H13N4NaO5S. The van der Waals surface area contributed by atoms with Gasteiger partial charge in [0.1, 0.15) is 15.5 Å². The summed E-state index contributed by atoms with van der Waals surface area (Å²) in [5.41, 5.74) is 4.92. The van der Waals surface area contributed by atoms with Crippen molar-refractivity contribution in [3.8, 4) is 0 Å². The first-order chi connectivity index (χ1) is 13.3. The van der Waals surface area contributed by atoms with Crippen LogP contribution in [-0.2, 0) is 10.1 Å². The van der Waals surface area contributed by atoms with Gasteiger partial charge in [0.25, 0.3) is 0 Å². The first kappa shape index (κ1) is 22.7. The molecule has 0 spiro atoms. The van der Waals surface area contributed by atoms with Gasteiger partial charge < -0.3 is 4.55 Å². The standard InChI is InChI=1S/C18H14N4O5S.Na/c23-16-11-10-15(18(24)17(16)22-20-12-4-2-1-3-5-12)21-19-13-6-8-14(9-7-13)28(25,26)27;/h1-11,19-20H,(H,25,26,27);/q;+1/p-1/b21-15?,22-17-;. The first-order valence-corrected chi connectivity index (χ1v) is 9.31. The summed E-state index contributed by atoms with van der Waals surface area (Å²) in [6.45, 7) is 0. The van der Waals surface area contributed by atoms with Gasteiger partial charge in [0.2, 0.25) is 10.9 Å². The summed E-state index contributed by atoms with van der Waals surface area (Å²) >= 11 is 0. The van der Waals surface area contributed by atoms with E-state index in [2.05, 4.69) is 21.1 Å². The number of nitrogens with one attached hydrogen (secondary N) is 2. The Morgan fingerprint density at radius 2 is 1.34 bits per heavy atom. The van der Waals surface area contributed by atoms with Gasteiger partial charge in [0.15, 0.2) is 5.36 Å². The SMILES string of the molecule is O=c1ccc(=NNc2ccc(S(=O)(=O)[O-])cc2)c(=O)/c1=N\Nc1ccccc1.[Na+]. The monoisotopic (exact) mass is 420 g/mol. The second-order valence-electron chi connectivity index (χ2n) is 5.55. The molecule has 142 valence electrons. The number of nitrogens with zero attached hydrogens (tertiary/aromatic N) is 2. The molecule has 11 heteroatoms. The van der Waals surface area contributed by atoms with Crippen LogP contribution in [-0.4, -0.2) is 13.0 Å². The van der Waals surface area contributed by atoms with E-state index in [4.69, 9.17) is 0 Å².